The van der Waals surface area contributed by atoms with Gasteiger partial charge in [0.1, 0.15) is 0 Å². The van der Waals surface area contributed by atoms with E-state index in [1.807, 2.05) is 26.0 Å². The highest BCUT2D eigenvalue weighted by molar-refractivity contribution is 7.90. The van der Waals surface area contributed by atoms with Crippen LogP contribution in [0, 0.1) is 0 Å². The number of anilines is 2. The Morgan fingerprint density at radius 2 is 1.84 bits per heavy atom. The molecule has 1 atom stereocenters. The summed E-state index contributed by atoms with van der Waals surface area (Å²) >= 11 is 0. The fourth-order valence-electron chi connectivity index (χ4n) is 4.11. The smallest absolute Gasteiger partial charge is 0.262 e. The molecule has 9 heteroatoms. The Bertz CT molecular complexity index is 1300. The highest BCUT2D eigenvalue weighted by atomic mass is 32.2. The van der Waals surface area contributed by atoms with Gasteiger partial charge in [0.25, 0.3) is 5.56 Å². The van der Waals surface area contributed by atoms with Crippen LogP contribution in [0.3, 0.4) is 0 Å². The Morgan fingerprint density at radius 1 is 1.12 bits per heavy atom. The molecular formula is C23H28N4O4S. The van der Waals surface area contributed by atoms with E-state index in [9.17, 15) is 13.2 Å². The van der Waals surface area contributed by atoms with Gasteiger partial charge in [0, 0.05) is 31.5 Å². The SMILES string of the molecule is CCn1c(N2CCOCC2)nc2c(C(C)Nc3ccccc3S(C)(=O)=O)cccc2c1=O. The van der Waals surface area contributed by atoms with Crippen molar-refractivity contribution >= 4 is 32.4 Å². The predicted octanol–water partition coefficient (Wildman–Crippen LogP) is 2.83. The number of aromatic nitrogens is 2. The van der Waals surface area contributed by atoms with Crippen LogP contribution in [-0.4, -0.2) is 50.5 Å². The lowest BCUT2D eigenvalue weighted by molar-refractivity contribution is 0.121. The second-order valence-electron chi connectivity index (χ2n) is 7.94. The molecule has 0 bridgehead atoms. The topological polar surface area (TPSA) is 93.5 Å². The molecule has 1 fully saturated rings. The number of hydrogen-bond acceptors (Lipinski definition) is 7. The molecule has 1 N–H and O–H groups in total. The summed E-state index contributed by atoms with van der Waals surface area (Å²) in [5, 5.41) is 3.86. The number of nitrogens with zero attached hydrogens (tertiary/aromatic N) is 3. The van der Waals surface area contributed by atoms with Crippen molar-refractivity contribution in [2.24, 2.45) is 0 Å². The first kappa shape index (κ1) is 22.3. The molecule has 1 aromatic heterocycles. The number of benzene rings is 2. The Morgan fingerprint density at radius 3 is 2.53 bits per heavy atom. The van der Waals surface area contributed by atoms with E-state index < -0.39 is 9.84 Å². The van der Waals surface area contributed by atoms with Crippen molar-refractivity contribution in [1.29, 1.82) is 0 Å². The minimum Gasteiger partial charge on any atom is -0.378 e. The molecule has 1 saturated heterocycles. The Hall–Kier alpha value is -2.91. The molecule has 0 saturated carbocycles. The van der Waals surface area contributed by atoms with Gasteiger partial charge in [-0.3, -0.25) is 9.36 Å². The lowest BCUT2D eigenvalue weighted by atomic mass is 10.0. The standard InChI is InChI=1S/C23H28N4O4S/c1-4-27-22(28)18-9-7-8-17(21(18)25-23(27)26-12-14-31-15-13-26)16(2)24-19-10-5-6-11-20(19)32(3,29)30/h5-11,16,24H,4,12-15H2,1-3H3. The molecule has 170 valence electrons. The van der Waals surface area contributed by atoms with Gasteiger partial charge in [0.2, 0.25) is 5.95 Å². The van der Waals surface area contributed by atoms with Gasteiger partial charge in [0.15, 0.2) is 9.84 Å². The monoisotopic (exact) mass is 456 g/mol. The minimum absolute atomic E-state index is 0.0791. The highest BCUT2D eigenvalue weighted by Crippen LogP contribution is 2.29. The Kier molecular flexibility index (Phi) is 6.21. The first-order valence-electron chi connectivity index (χ1n) is 10.7. The summed E-state index contributed by atoms with van der Waals surface area (Å²) in [5.74, 6) is 0.643. The normalized spacial score (nSPS) is 15.7. The Labute approximate surface area is 187 Å². The zero-order valence-electron chi connectivity index (χ0n) is 18.5. The largest absolute Gasteiger partial charge is 0.378 e. The maximum absolute atomic E-state index is 13.3. The Balaban J connectivity index is 1.82. The molecule has 8 nitrogen and oxygen atoms in total. The summed E-state index contributed by atoms with van der Waals surface area (Å²) in [6, 6.07) is 12.1. The van der Waals surface area contributed by atoms with Gasteiger partial charge in [-0.1, -0.05) is 24.3 Å². The second-order valence-corrected chi connectivity index (χ2v) is 9.92. The average Bonchev–Trinajstić information content (AvgIpc) is 2.79. The number of hydrogen-bond donors (Lipinski definition) is 1. The fourth-order valence-corrected chi connectivity index (χ4v) is 4.97. The van der Waals surface area contributed by atoms with Crippen molar-refractivity contribution in [1.82, 2.24) is 9.55 Å². The molecule has 1 aliphatic heterocycles. The lowest BCUT2D eigenvalue weighted by Gasteiger charge is -2.30. The van der Waals surface area contributed by atoms with Gasteiger partial charge in [-0.2, -0.15) is 0 Å². The highest BCUT2D eigenvalue weighted by Gasteiger charge is 2.22. The first-order chi connectivity index (χ1) is 15.3. The van der Waals surface area contributed by atoms with Gasteiger partial charge in [-0.15, -0.1) is 0 Å². The number of sulfone groups is 1. The van der Waals surface area contributed by atoms with Crippen LogP contribution in [0.15, 0.2) is 52.2 Å². The zero-order valence-corrected chi connectivity index (χ0v) is 19.4. The summed E-state index contributed by atoms with van der Waals surface area (Å²) in [5.41, 5.74) is 1.90. The summed E-state index contributed by atoms with van der Waals surface area (Å²) in [6.45, 7) is 6.95. The maximum Gasteiger partial charge on any atom is 0.262 e. The third-order valence-corrected chi connectivity index (χ3v) is 6.89. The average molecular weight is 457 g/mol. The third-order valence-electron chi connectivity index (χ3n) is 5.73. The molecule has 1 aliphatic rings. The van der Waals surface area contributed by atoms with Crippen LogP contribution in [0.25, 0.3) is 10.9 Å². The van der Waals surface area contributed by atoms with Gasteiger partial charge in [-0.05, 0) is 32.0 Å². The number of rotatable bonds is 6. The van der Waals surface area contributed by atoms with E-state index in [1.165, 1.54) is 6.26 Å². The number of fused-ring (bicyclic) bond motifs is 1. The number of ether oxygens (including phenoxy) is 1. The molecule has 0 radical (unpaired) electrons. The molecule has 2 aromatic carbocycles. The molecule has 2 heterocycles. The number of nitrogens with one attached hydrogen (secondary N) is 1. The van der Waals surface area contributed by atoms with E-state index in [0.717, 1.165) is 5.56 Å². The van der Waals surface area contributed by atoms with Crippen molar-refractivity contribution in [2.45, 2.75) is 31.3 Å². The third kappa shape index (κ3) is 4.22. The van der Waals surface area contributed by atoms with E-state index in [-0.39, 0.29) is 16.5 Å². The molecule has 4 rings (SSSR count). The van der Waals surface area contributed by atoms with E-state index in [2.05, 4.69) is 10.2 Å². The van der Waals surface area contributed by atoms with Gasteiger partial charge >= 0.3 is 0 Å². The van der Waals surface area contributed by atoms with Crippen molar-refractivity contribution in [3.8, 4) is 0 Å². The molecule has 1 unspecified atom stereocenters. The quantitative estimate of drug-likeness (QED) is 0.610. The molecule has 0 spiro atoms. The van der Waals surface area contributed by atoms with Crippen molar-refractivity contribution in [3.05, 3.63) is 58.4 Å². The zero-order chi connectivity index (χ0) is 22.9. The fraction of sp³-hybridized carbons (Fsp3) is 0.391. The first-order valence-corrected chi connectivity index (χ1v) is 12.6. The molecule has 0 amide bonds. The van der Waals surface area contributed by atoms with Crippen LogP contribution in [0.2, 0.25) is 0 Å². The van der Waals surface area contributed by atoms with E-state index in [0.29, 0.717) is 55.4 Å². The van der Waals surface area contributed by atoms with E-state index in [4.69, 9.17) is 9.72 Å². The predicted molar refractivity (Wildman–Crippen MR) is 126 cm³/mol. The van der Waals surface area contributed by atoms with Crippen molar-refractivity contribution < 1.29 is 13.2 Å². The van der Waals surface area contributed by atoms with Gasteiger partial charge in [0.05, 0.1) is 40.7 Å². The second kappa shape index (κ2) is 8.91. The van der Waals surface area contributed by atoms with Crippen LogP contribution in [0.1, 0.15) is 25.5 Å². The number of morpholine rings is 1. The minimum atomic E-state index is -3.39. The summed E-state index contributed by atoms with van der Waals surface area (Å²) < 4.78 is 31.6. The van der Waals surface area contributed by atoms with Crippen molar-refractivity contribution in [3.63, 3.8) is 0 Å². The summed E-state index contributed by atoms with van der Waals surface area (Å²) in [4.78, 5) is 20.6. The molecule has 3 aromatic rings. The van der Waals surface area contributed by atoms with Crippen LogP contribution >= 0.6 is 0 Å². The van der Waals surface area contributed by atoms with Gasteiger partial charge < -0.3 is 15.0 Å². The van der Waals surface area contributed by atoms with Gasteiger partial charge in [-0.25, -0.2) is 13.4 Å². The molecular weight excluding hydrogens is 428 g/mol. The summed E-state index contributed by atoms with van der Waals surface area (Å²) in [6.07, 6.45) is 1.19. The molecule has 32 heavy (non-hydrogen) atoms. The lowest BCUT2D eigenvalue weighted by Crippen LogP contribution is -2.40. The van der Waals surface area contributed by atoms with Crippen LogP contribution < -0.4 is 15.8 Å². The van der Waals surface area contributed by atoms with Crippen LogP contribution in [0.4, 0.5) is 11.6 Å². The maximum atomic E-state index is 13.3. The summed E-state index contributed by atoms with van der Waals surface area (Å²) in [7, 11) is -3.39. The molecule has 0 aliphatic carbocycles. The van der Waals surface area contributed by atoms with Crippen LogP contribution in [-0.2, 0) is 21.1 Å². The van der Waals surface area contributed by atoms with Crippen molar-refractivity contribution in [2.75, 3.05) is 42.8 Å². The van der Waals surface area contributed by atoms with E-state index in [1.54, 1.807) is 34.9 Å². The van der Waals surface area contributed by atoms with E-state index >= 15 is 0 Å². The number of para-hydroxylation sites is 2. The van der Waals surface area contributed by atoms with Crippen LogP contribution in [0.5, 0.6) is 0 Å².